The summed E-state index contributed by atoms with van der Waals surface area (Å²) < 4.78 is 22.9. The van der Waals surface area contributed by atoms with Gasteiger partial charge in [-0.3, -0.25) is 0 Å². The van der Waals surface area contributed by atoms with Crippen LogP contribution < -0.4 is 5.32 Å². The standard InChI is InChI=1S/C13H12Cl3N3O2S/c1-22(20,21)13-18-11(16)7-12(19-13)17-5-4-8-2-3-9(14)6-10(8)15/h2-3,6-7H,4-5H2,1H3,(H,17,18,19). The van der Waals surface area contributed by atoms with Gasteiger partial charge in [0.15, 0.2) is 0 Å². The normalized spacial score (nSPS) is 11.5. The molecule has 0 fully saturated rings. The van der Waals surface area contributed by atoms with Gasteiger partial charge in [0, 0.05) is 28.9 Å². The van der Waals surface area contributed by atoms with E-state index >= 15 is 0 Å². The third kappa shape index (κ3) is 4.71. The topological polar surface area (TPSA) is 72.0 Å². The summed E-state index contributed by atoms with van der Waals surface area (Å²) in [5.41, 5.74) is 0.919. The first-order chi connectivity index (χ1) is 10.3. The largest absolute Gasteiger partial charge is 0.370 e. The first-order valence-electron chi connectivity index (χ1n) is 6.18. The Morgan fingerprint density at radius 1 is 1.14 bits per heavy atom. The Balaban J connectivity index is 2.07. The lowest BCUT2D eigenvalue weighted by molar-refractivity contribution is 0.593. The van der Waals surface area contributed by atoms with Crippen molar-refractivity contribution >= 4 is 50.5 Å². The lowest BCUT2D eigenvalue weighted by Crippen LogP contribution is -2.10. The molecule has 2 rings (SSSR count). The molecule has 0 radical (unpaired) electrons. The number of benzene rings is 1. The fraction of sp³-hybridized carbons (Fsp3) is 0.231. The average molecular weight is 381 g/mol. The minimum absolute atomic E-state index is 0.0578. The maximum atomic E-state index is 11.5. The third-order valence-corrected chi connectivity index (χ3v) is 4.35. The molecule has 118 valence electrons. The Labute approximate surface area is 143 Å². The molecule has 0 saturated heterocycles. The van der Waals surface area contributed by atoms with Gasteiger partial charge in [-0.1, -0.05) is 40.9 Å². The van der Waals surface area contributed by atoms with E-state index in [9.17, 15) is 8.42 Å². The summed E-state index contributed by atoms with van der Waals surface area (Å²) in [5, 5.41) is 3.89. The minimum atomic E-state index is -3.52. The Bertz CT molecular complexity index is 797. The Kier molecular flexibility index (Phi) is 5.50. The van der Waals surface area contributed by atoms with Crippen molar-refractivity contribution in [3.8, 4) is 0 Å². The van der Waals surface area contributed by atoms with E-state index < -0.39 is 9.84 Å². The molecule has 0 atom stereocenters. The zero-order chi connectivity index (χ0) is 16.3. The monoisotopic (exact) mass is 379 g/mol. The number of hydrogen-bond donors (Lipinski definition) is 1. The van der Waals surface area contributed by atoms with E-state index in [2.05, 4.69) is 15.3 Å². The van der Waals surface area contributed by atoms with Gasteiger partial charge < -0.3 is 5.32 Å². The number of nitrogens with zero attached hydrogens (tertiary/aromatic N) is 2. The van der Waals surface area contributed by atoms with Crippen molar-refractivity contribution in [1.82, 2.24) is 9.97 Å². The van der Waals surface area contributed by atoms with Gasteiger partial charge in [0.05, 0.1) is 0 Å². The SMILES string of the molecule is CS(=O)(=O)c1nc(Cl)cc(NCCc2ccc(Cl)cc2Cl)n1. The Morgan fingerprint density at radius 2 is 1.86 bits per heavy atom. The van der Waals surface area contributed by atoms with Crippen molar-refractivity contribution < 1.29 is 8.42 Å². The van der Waals surface area contributed by atoms with Gasteiger partial charge in [-0.25, -0.2) is 18.4 Å². The maximum absolute atomic E-state index is 11.5. The molecule has 22 heavy (non-hydrogen) atoms. The highest BCUT2D eigenvalue weighted by Gasteiger charge is 2.13. The van der Waals surface area contributed by atoms with Gasteiger partial charge in [-0.05, 0) is 24.1 Å². The highest BCUT2D eigenvalue weighted by Crippen LogP contribution is 2.21. The second kappa shape index (κ2) is 7.00. The number of halogens is 3. The second-order valence-corrected chi connectivity index (χ2v) is 7.68. The van der Waals surface area contributed by atoms with Gasteiger partial charge in [0.1, 0.15) is 11.0 Å². The van der Waals surface area contributed by atoms with Crippen molar-refractivity contribution in [3.63, 3.8) is 0 Å². The van der Waals surface area contributed by atoms with E-state index in [0.29, 0.717) is 28.8 Å². The summed E-state index contributed by atoms with van der Waals surface area (Å²) >= 11 is 17.7. The maximum Gasteiger partial charge on any atom is 0.250 e. The number of sulfone groups is 1. The van der Waals surface area contributed by atoms with Crippen LogP contribution in [-0.2, 0) is 16.3 Å². The van der Waals surface area contributed by atoms with Crippen LogP contribution in [0.4, 0.5) is 5.82 Å². The molecule has 1 aromatic carbocycles. The molecule has 0 aliphatic heterocycles. The Morgan fingerprint density at radius 3 is 2.50 bits per heavy atom. The molecule has 2 aromatic rings. The van der Waals surface area contributed by atoms with Crippen LogP contribution in [0.5, 0.6) is 0 Å². The molecule has 0 aliphatic rings. The number of nitrogens with one attached hydrogen (secondary N) is 1. The quantitative estimate of drug-likeness (QED) is 0.635. The van der Waals surface area contributed by atoms with Crippen LogP contribution in [0.3, 0.4) is 0 Å². The van der Waals surface area contributed by atoms with Crippen molar-refractivity contribution in [1.29, 1.82) is 0 Å². The third-order valence-electron chi connectivity index (χ3n) is 2.72. The van der Waals surface area contributed by atoms with Crippen LogP contribution in [0.2, 0.25) is 15.2 Å². The van der Waals surface area contributed by atoms with Crippen LogP contribution >= 0.6 is 34.8 Å². The summed E-state index contributed by atoms with van der Waals surface area (Å²) in [6.07, 6.45) is 1.64. The first kappa shape index (κ1) is 17.3. The smallest absolute Gasteiger partial charge is 0.250 e. The first-order valence-corrected chi connectivity index (χ1v) is 9.20. The fourth-order valence-corrected chi connectivity index (χ4v) is 2.97. The molecule has 0 spiro atoms. The van der Waals surface area contributed by atoms with Gasteiger partial charge in [-0.2, -0.15) is 0 Å². The number of hydrogen-bond acceptors (Lipinski definition) is 5. The lowest BCUT2D eigenvalue weighted by atomic mass is 10.1. The van der Waals surface area contributed by atoms with Crippen molar-refractivity contribution in [3.05, 3.63) is 45.0 Å². The van der Waals surface area contributed by atoms with E-state index in [4.69, 9.17) is 34.8 Å². The average Bonchev–Trinajstić information content (AvgIpc) is 2.39. The highest BCUT2D eigenvalue weighted by atomic mass is 35.5. The predicted molar refractivity (Wildman–Crippen MR) is 88.8 cm³/mol. The van der Waals surface area contributed by atoms with Crippen molar-refractivity contribution in [2.24, 2.45) is 0 Å². The molecule has 5 nitrogen and oxygen atoms in total. The molecule has 0 amide bonds. The van der Waals surface area contributed by atoms with Gasteiger partial charge in [-0.15, -0.1) is 0 Å². The van der Waals surface area contributed by atoms with E-state index in [1.165, 1.54) is 6.07 Å². The molecule has 0 unspecified atom stereocenters. The van der Waals surface area contributed by atoms with Crippen LogP contribution in [0.25, 0.3) is 0 Å². The van der Waals surface area contributed by atoms with Crippen molar-refractivity contribution in [2.75, 3.05) is 18.1 Å². The molecule has 9 heteroatoms. The molecule has 1 heterocycles. The molecule has 1 N–H and O–H groups in total. The van der Waals surface area contributed by atoms with E-state index in [1.807, 2.05) is 6.07 Å². The lowest BCUT2D eigenvalue weighted by Gasteiger charge is -2.08. The van der Waals surface area contributed by atoms with E-state index in [1.54, 1.807) is 12.1 Å². The molecule has 1 aromatic heterocycles. The molecular formula is C13H12Cl3N3O2S. The van der Waals surface area contributed by atoms with Crippen LogP contribution in [0.1, 0.15) is 5.56 Å². The second-order valence-electron chi connectivity index (χ2n) is 4.54. The molecule has 0 bridgehead atoms. The van der Waals surface area contributed by atoms with Crippen molar-refractivity contribution in [2.45, 2.75) is 11.6 Å². The number of aromatic nitrogens is 2. The zero-order valence-electron chi connectivity index (χ0n) is 11.5. The van der Waals surface area contributed by atoms with Crippen LogP contribution in [-0.4, -0.2) is 31.2 Å². The number of rotatable bonds is 5. The summed E-state index contributed by atoms with van der Waals surface area (Å²) in [7, 11) is -3.52. The molecule has 0 saturated carbocycles. The fourth-order valence-electron chi connectivity index (χ4n) is 1.70. The predicted octanol–water partition coefficient (Wildman–Crippen LogP) is 3.49. The van der Waals surface area contributed by atoms with Gasteiger partial charge >= 0.3 is 0 Å². The van der Waals surface area contributed by atoms with Crippen LogP contribution in [0, 0.1) is 0 Å². The zero-order valence-corrected chi connectivity index (χ0v) is 14.6. The van der Waals surface area contributed by atoms with Crippen LogP contribution in [0.15, 0.2) is 29.4 Å². The summed E-state index contributed by atoms with van der Waals surface area (Å²) in [6, 6.07) is 6.72. The Hall–Kier alpha value is -1.08. The summed E-state index contributed by atoms with van der Waals surface area (Å²) in [6.45, 7) is 0.498. The summed E-state index contributed by atoms with van der Waals surface area (Å²) in [4.78, 5) is 7.61. The van der Waals surface area contributed by atoms with Gasteiger partial charge in [0.2, 0.25) is 15.0 Å². The van der Waals surface area contributed by atoms with Gasteiger partial charge in [0.25, 0.3) is 0 Å². The number of anilines is 1. The van der Waals surface area contributed by atoms with E-state index in [0.717, 1.165) is 11.8 Å². The minimum Gasteiger partial charge on any atom is -0.370 e. The molecular weight excluding hydrogens is 369 g/mol. The van der Waals surface area contributed by atoms with E-state index in [-0.39, 0.29) is 10.3 Å². The molecule has 0 aliphatic carbocycles. The summed E-state index contributed by atoms with van der Waals surface area (Å²) in [5.74, 6) is 0.338. The highest BCUT2D eigenvalue weighted by molar-refractivity contribution is 7.90.